The molecular weight excluding hydrogens is 332 g/mol. The van der Waals surface area contributed by atoms with Gasteiger partial charge in [0.25, 0.3) is 0 Å². The first-order valence-electron chi connectivity index (χ1n) is 9.68. The molecule has 25 heavy (non-hydrogen) atoms. The van der Waals surface area contributed by atoms with E-state index in [1.165, 1.54) is 30.6 Å². The number of hydrogen-bond donors (Lipinski definition) is 2. The maximum absolute atomic E-state index is 6.02. The van der Waals surface area contributed by atoms with Crippen LogP contribution in [-0.2, 0) is 11.3 Å². The van der Waals surface area contributed by atoms with Gasteiger partial charge in [-0.15, -0.1) is 11.3 Å². The second kappa shape index (κ2) is 8.04. The maximum Gasteiger partial charge on any atom is 0.191 e. The van der Waals surface area contributed by atoms with Gasteiger partial charge in [-0.2, -0.15) is 0 Å². The summed E-state index contributed by atoms with van der Waals surface area (Å²) < 4.78 is 6.02. The second-order valence-electron chi connectivity index (χ2n) is 7.26. The Hall–Kier alpha value is -1.14. The molecule has 2 saturated carbocycles. The fraction of sp³-hybridized carbons (Fsp3) is 0.789. The van der Waals surface area contributed by atoms with E-state index in [0.717, 1.165) is 36.2 Å². The second-order valence-corrected chi connectivity index (χ2v) is 8.55. The highest BCUT2D eigenvalue weighted by Gasteiger charge is 2.56. The van der Waals surface area contributed by atoms with E-state index in [-0.39, 0.29) is 0 Å². The lowest BCUT2D eigenvalue weighted by Crippen LogP contribution is -2.65. The standard InChI is InChI=1S/C19H32N4OS/c1-5-20-18(21-12-17-22-13(3)14(4)25-17)23-15-11-16(24-6-2)19(15)9-7-8-10-19/h15-16H,5-12H2,1-4H3,(H2,20,21,23). The number of ether oxygens (including phenoxy) is 1. The van der Waals surface area contributed by atoms with Gasteiger partial charge in [0.2, 0.25) is 0 Å². The fourth-order valence-electron chi connectivity index (χ4n) is 4.33. The molecule has 1 aromatic heterocycles. The van der Waals surface area contributed by atoms with Gasteiger partial charge in [-0.3, -0.25) is 0 Å². The van der Waals surface area contributed by atoms with E-state index < -0.39 is 0 Å². The van der Waals surface area contributed by atoms with Crippen LogP contribution in [0.25, 0.3) is 0 Å². The number of rotatable bonds is 6. The third kappa shape index (κ3) is 3.85. The van der Waals surface area contributed by atoms with E-state index >= 15 is 0 Å². The van der Waals surface area contributed by atoms with Crippen LogP contribution in [0.5, 0.6) is 0 Å². The zero-order chi connectivity index (χ0) is 17.9. The summed E-state index contributed by atoms with van der Waals surface area (Å²) in [6, 6.07) is 0.476. The largest absolute Gasteiger partial charge is 0.378 e. The lowest BCUT2D eigenvalue weighted by Gasteiger charge is -2.54. The molecule has 0 aliphatic heterocycles. The van der Waals surface area contributed by atoms with E-state index in [0.29, 0.717) is 24.1 Å². The third-order valence-electron chi connectivity index (χ3n) is 5.79. The average molecular weight is 365 g/mol. The summed E-state index contributed by atoms with van der Waals surface area (Å²) in [5, 5.41) is 8.19. The van der Waals surface area contributed by atoms with Gasteiger partial charge in [-0.05, 0) is 47.0 Å². The van der Waals surface area contributed by atoms with Crippen molar-refractivity contribution < 1.29 is 4.74 Å². The number of nitrogens with zero attached hydrogens (tertiary/aromatic N) is 2. The minimum Gasteiger partial charge on any atom is -0.378 e. The molecule has 0 bridgehead atoms. The number of hydrogen-bond acceptors (Lipinski definition) is 4. The number of thiazole rings is 1. The van der Waals surface area contributed by atoms with Crippen LogP contribution in [0.4, 0.5) is 0 Å². The topological polar surface area (TPSA) is 58.5 Å². The van der Waals surface area contributed by atoms with Gasteiger partial charge in [-0.1, -0.05) is 12.8 Å². The molecule has 2 N–H and O–H groups in total. The molecule has 2 atom stereocenters. The van der Waals surface area contributed by atoms with Crippen molar-refractivity contribution in [1.29, 1.82) is 0 Å². The van der Waals surface area contributed by atoms with Gasteiger partial charge in [0.15, 0.2) is 5.96 Å². The molecule has 1 heterocycles. The quantitative estimate of drug-likeness (QED) is 0.599. The van der Waals surface area contributed by atoms with E-state index in [4.69, 9.17) is 9.73 Å². The number of aromatic nitrogens is 1. The maximum atomic E-state index is 6.02. The van der Waals surface area contributed by atoms with Gasteiger partial charge in [-0.25, -0.2) is 9.98 Å². The summed E-state index contributed by atoms with van der Waals surface area (Å²) in [6.07, 6.45) is 6.72. The molecular formula is C19H32N4OS. The Bertz CT molecular complexity index is 587. The predicted molar refractivity (Wildman–Crippen MR) is 104 cm³/mol. The minimum atomic E-state index is 0.320. The molecule has 1 spiro atoms. The van der Waals surface area contributed by atoms with E-state index in [1.54, 1.807) is 11.3 Å². The van der Waals surface area contributed by atoms with Crippen molar-refractivity contribution >= 4 is 17.3 Å². The van der Waals surface area contributed by atoms with Gasteiger partial charge >= 0.3 is 0 Å². The molecule has 0 aromatic carbocycles. The first kappa shape index (κ1) is 18.6. The number of aryl methyl sites for hydroxylation is 2. The molecule has 140 valence electrons. The Labute approximate surface area is 155 Å². The average Bonchev–Trinajstić information content (AvgIpc) is 3.21. The van der Waals surface area contributed by atoms with Crippen LogP contribution in [0.3, 0.4) is 0 Å². The van der Waals surface area contributed by atoms with E-state index in [2.05, 4.69) is 43.3 Å². The normalized spacial score (nSPS) is 25.2. The molecule has 6 heteroatoms. The van der Waals surface area contributed by atoms with Crippen molar-refractivity contribution in [3.8, 4) is 0 Å². The first-order chi connectivity index (χ1) is 12.1. The smallest absolute Gasteiger partial charge is 0.191 e. The summed E-state index contributed by atoms with van der Waals surface area (Å²) in [7, 11) is 0. The summed E-state index contributed by atoms with van der Waals surface area (Å²) in [6.45, 7) is 10.7. The van der Waals surface area contributed by atoms with Crippen molar-refractivity contribution in [1.82, 2.24) is 15.6 Å². The number of nitrogens with one attached hydrogen (secondary N) is 2. The van der Waals surface area contributed by atoms with Crippen LogP contribution in [0.15, 0.2) is 4.99 Å². The fourth-order valence-corrected chi connectivity index (χ4v) is 5.19. The summed E-state index contributed by atoms with van der Waals surface area (Å²) in [5.74, 6) is 0.916. The molecule has 5 nitrogen and oxygen atoms in total. The van der Waals surface area contributed by atoms with Crippen LogP contribution in [0.2, 0.25) is 0 Å². The molecule has 0 radical (unpaired) electrons. The van der Waals surface area contributed by atoms with Gasteiger partial charge in [0.1, 0.15) is 5.01 Å². The van der Waals surface area contributed by atoms with Gasteiger partial charge < -0.3 is 15.4 Å². The van der Waals surface area contributed by atoms with Crippen molar-refractivity contribution in [3.05, 3.63) is 15.6 Å². The molecule has 2 aliphatic carbocycles. The molecule has 0 amide bonds. The van der Waals surface area contributed by atoms with Crippen LogP contribution >= 0.6 is 11.3 Å². The van der Waals surface area contributed by atoms with E-state index in [9.17, 15) is 0 Å². The van der Waals surface area contributed by atoms with E-state index in [1.807, 2.05) is 0 Å². The van der Waals surface area contributed by atoms with Crippen LogP contribution < -0.4 is 10.6 Å². The Balaban J connectivity index is 1.66. The Morgan fingerprint density at radius 2 is 2.08 bits per heavy atom. The monoisotopic (exact) mass is 364 g/mol. The molecule has 2 unspecified atom stereocenters. The van der Waals surface area contributed by atoms with Crippen molar-refractivity contribution in [2.75, 3.05) is 13.2 Å². The summed E-state index contributed by atoms with van der Waals surface area (Å²) in [5.41, 5.74) is 1.44. The lowest BCUT2D eigenvalue weighted by atomic mass is 9.60. The minimum absolute atomic E-state index is 0.320. The highest BCUT2D eigenvalue weighted by Crippen LogP contribution is 2.54. The molecule has 2 fully saturated rings. The summed E-state index contributed by atoms with van der Waals surface area (Å²) in [4.78, 5) is 10.7. The first-order valence-corrected chi connectivity index (χ1v) is 10.5. The molecule has 2 aliphatic rings. The lowest BCUT2D eigenvalue weighted by molar-refractivity contribution is -0.125. The summed E-state index contributed by atoms with van der Waals surface area (Å²) >= 11 is 1.75. The van der Waals surface area contributed by atoms with Crippen molar-refractivity contribution in [2.24, 2.45) is 10.4 Å². The number of aliphatic imine (C=N–C) groups is 1. The van der Waals surface area contributed by atoms with Crippen LogP contribution in [-0.4, -0.2) is 36.2 Å². The van der Waals surface area contributed by atoms with Gasteiger partial charge in [0.05, 0.1) is 18.3 Å². The Kier molecular flexibility index (Phi) is 6.00. The van der Waals surface area contributed by atoms with Gasteiger partial charge in [0, 0.05) is 29.5 Å². The Morgan fingerprint density at radius 1 is 1.32 bits per heavy atom. The third-order valence-corrected chi connectivity index (χ3v) is 6.85. The Morgan fingerprint density at radius 3 is 2.68 bits per heavy atom. The molecule has 3 rings (SSSR count). The highest BCUT2D eigenvalue weighted by molar-refractivity contribution is 7.11. The zero-order valence-electron chi connectivity index (χ0n) is 16.0. The molecule has 1 aromatic rings. The highest BCUT2D eigenvalue weighted by atomic mass is 32.1. The molecule has 0 saturated heterocycles. The van der Waals surface area contributed by atoms with Crippen molar-refractivity contribution in [2.45, 2.75) is 78.5 Å². The van der Waals surface area contributed by atoms with Crippen molar-refractivity contribution in [3.63, 3.8) is 0 Å². The van der Waals surface area contributed by atoms with Crippen LogP contribution in [0.1, 0.15) is 61.5 Å². The zero-order valence-corrected chi connectivity index (χ0v) is 16.8. The SMILES string of the molecule is CCNC(=NCc1nc(C)c(C)s1)NC1CC(OCC)C12CCCC2. The number of guanidine groups is 1. The van der Waals surface area contributed by atoms with Crippen LogP contribution in [0, 0.1) is 19.3 Å². The predicted octanol–water partition coefficient (Wildman–Crippen LogP) is 3.55.